The first kappa shape index (κ1) is 17.2. The van der Waals surface area contributed by atoms with Gasteiger partial charge < -0.3 is 14.6 Å². The van der Waals surface area contributed by atoms with Crippen molar-refractivity contribution in [3.63, 3.8) is 0 Å². The molecule has 1 saturated heterocycles. The summed E-state index contributed by atoms with van der Waals surface area (Å²) in [6.45, 7) is 3.00. The Hall–Kier alpha value is -1.65. The number of aryl methyl sites for hydroxylation is 2. The molecule has 0 amide bonds. The number of rotatable bonds is 7. The smallest absolute Gasteiger partial charge is 0.108 e. The van der Waals surface area contributed by atoms with Crippen LogP contribution in [-0.4, -0.2) is 45.3 Å². The van der Waals surface area contributed by atoms with Gasteiger partial charge in [0, 0.05) is 32.4 Å². The summed E-state index contributed by atoms with van der Waals surface area (Å²) < 4.78 is 2.12. The quantitative estimate of drug-likeness (QED) is 0.850. The van der Waals surface area contributed by atoms with Gasteiger partial charge in [0.05, 0.1) is 6.10 Å². The van der Waals surface area contributed by atoms with Crippen LogP contribution in [0.25, 0.3) is 0 Å². The number of nitrogens with zero attached hydrogens (tertiary/aromatic N) is 3. The Bertz CT molecular complexity index is 602. The Morgan fingerprint density at radius 1 is 1.21 bits per heavy atom. The van der Waals surface area contributed by atoms with Gasteiger partial charge in [0.1, 0.15) is 5.82 Å². The first-order chi connectivity index (χ1) is 11.7. The van der Waals surface area contributed by atoms with Gasteiger partial charge >= 0.3 is 0 Å². The molecule has 3 rings (SSSR count). The summed E-state index contributed by atoms with van der Waals surface area (Å²) in [5.41, 5.74) is 1.31. The van der Waals surface area contributed by atoms with Crippen LogP contribution in [0, 0.1) is 5.92 Å². The Morgan fingerprint density at radius 3 is 2.62 bits per heavy atom. The molecule has 1 aliphatic rings. The molecule has 0 aliphatic carbocycles. The lowest BCUT2D eigenvalue weighted by Crippen LogP contribution is -2.39. The van der Waals surface area contributed by atoms with Crippen molar-refractivity contribution in [3.8, 4) is 0 Å². The largest absolute Gasteiger partial charge is 0.392 e. The third kappa shape index (κ3) is 4.92. The molecule has 1 unspecified atom stereocenters. The normalized spacial score (nSPS) is 17.9. The standard InChI is InChI=1S/C20H29N3O/c1-22-14-11-21-20(22)15-18-9-12-23(13-10-18)16-19(24)8-7-17-5-3-2-4-6-17/h2-6,11,14,18-19,24H,7-10,12-13,15-16H2,1H3. The van der Waals surface area contributed by atoms with Crippen LogP contribution < -0.4 is 0 Å². The molecule has 1 aliphatic heterocycles. The van der Waals surface area contributed by atoms with Gasteiger partial charge in [-0.15, -0.1) is 0 Å². The zero-order valence-corrected chi connectivity index (χ0v) is 14.6. The first-order valence-electron chi connectivity index (χ1n) is 9.11. The molecule has 2 aromatic rings. The van der Waals surface area contributed by atoms with Gasteiger partial charge in [-0.2, -0.15) is 0 Å². The minimum atomic E-state index is -0.226. The van der Waals surface area contributed by atoms with Crippen molar-refractivity contribution < 1.29 is 5.11 Å². The molecule has 4 nitrogen and oxygen atoms in total. The van der Waals surface area contributed by atoms with Crippen LogP contribution in [0.3, 0.4) is 0 Å². The maximum atomic E-state index is 10.3. The van der Waals surface area contributed by atoms with Gasteiger partial charge in [-0.25, -0.2) is 4.98 Å². The number of aliphatic hydroxyl groups excluding tert-OH is 1. The maximum Gasteiger partial charge on any atom is 0.108 e. The zero-order chi connectivity index (χ0) is 16.8. The summed E-state index contributed by atoms with van der Waals surface area (Å²) in [7, 11) is 2.07. The maximum absolute atomic E-state index is 10.3. The number of imidazole rings is 1. The summed E-state index contributed by atoms with van der Waals surface area (Å²) in [4.78, 5) is 6.86. The number of likely N-dealkylation sites (tertiary alicyclic amines) is 1. The van der Waals surface area contributed by atoms with Crippen molar-refractivity contribution in [1.82, 2.24) is 14.5 Å². The summed E-state index contributed by atoms with van der Waals surface area (Å²) in [5.74, 6) is 1.92. The summed E-state index contributed by atoms with van der Waals surface area (Å²) in [6.07, 6.45) is 8.97. The van der Waals surface area contributed by atoms with E-state index in [1.807, 2.05) is 18.5 Å². The van der Waals surface area contributed by atoms with E-state index in [4.69, 9.17) is 0 Å². The highest BCUT2D eigenvalue weighted by molar-refractivity contribution is 5.14. The Balaban J connectivity index is 1.36. The number of piperidine rings is 1. The molecule has 0 saturated carbocycles. The van der Waals surface area contributed by atoms with Crippen molar-refractivity contribution in [1.29, 1.82) is 0 Å². The molecule has 24 heavy (non-hydrogen) atoms. The predicted molar refractivity (Wildman–Crippen MR) is 96.8 cm³/mol. The topological polar surface area (TPSA) is 41.3 Å². The second-order valence-electron chi connectivity index (χ2n) is 7.08. The van der Waals surface area contributed by atoms with Gasteiger partial charge in [-0.1, -0.05) is 30.3 Å². The molecule has 1 aromatic heterocycles. The van der Waals surface area contributed by atoms with Crippen LogP contribution in [0.2, 0.25) is 0 Å². The van der Waals surface area contributed by atoms with E-state index < -0.39 is 0 Å². The highest BCUT2D eigenvalue weighted by atomic mass is 16.3. The average molecular weight is 327 g/mol. The molecule has 0 bridgehead atoms. The fraction of sp³-hybridized carbons (Fsp3) is 0.550. The monoisotopic (exact) mass is 327 g/mol. The Kier molecular flexibility index (Phi) is 6.05. The van der Waals surface area contributed by atoms with Crippen molar-refractivity contribution in [2.75, 3.05) is 19.6 Å². The number of hydrogen-bond acceptors (Lipinski definition) is 3. The van der Waals surface area contributed by atoms with E-state index in [2.05, 4.69) is 45.8 Å². The molecular formula is C20H29N3O. The fourth-order valence-corrected chi connectivity index (χ4v) is 3.59. The van der Waals surface area contributed by atoms with E-state index >= 15 is 0 Å². The SMILES string of the molecule is Cn1ccnc1CC1CCN(CC(O)CCc2ccccc2)CC1. The predicted octanol–water partition coefficient (Wildman–Crippen LogP) is 2.67. The molecule has 1 fully saturated rings. The number of hydrogen-bond donors (Lipinski definition) is 1. The van der Waals surface area contributed by atoms with Crippen LogP contribution in [0.1, 0.15) is 30.7 Å². The van der Waals surface area contributed by atoms with Crippen molar-refractivity contribution in [2.24, 2.45) is 13.0 Å². The highest BCUT2D eigenvalue weighted by Gasteiger charge is 2.22. The third-order valence-electron chi connectivity index (χ3n) is 5.18. The van der Waals surface area contributed by atoms with Crippen LogP contribution in [0.4, 0.5) is 0 Å². The average Bonchev–Trinajstić information content (AvgIpc) is 3.01. The Morgan fingerprint density at radius 2 is 1.96 bits per heavy atom. The molecule has 4 heteroatoms. The number of aliphatic hydroxyl groups is 1. The summed E-state index contributed by atoms with van der Waals surface area (Å²) in [5, 5.41) is 10.3. The van der Waals surface area contributed by atoms with Crippen molar-refractivity contribution >= 4 is 0 Å². The lowest BCUT2D eigenvalue weighted by Gasteiger charge is -2.33. The molecule has 1 atom stereocenters. The van der Waals surface area contributed by atoms with E-state index in [-0.39, 0.29) is 6.10 Å². The van der Waals surface area contributed by atoms with E-state index in [0.717, 1.165) is 44.8 Å². The molecule has 0 radical (unpaired) electrons. The lowest BCUT2D eigenvalue weighted by atomic mass is 9.93. The van der Waals surface area contributed by atoms with E-state index in [0.29, 0.717) is 0 Å². The van der Waals surface area contributed by atoms with Gasteiger partial charge in [0.25, 0.3) is 0 Å². The van der Waals surface area contributed by atoms with E-state index in [1.165, 1.54) is 24.2 Å². The highest BCUT2D eigenvalue weighted by Crippen LogP contribution is 2.21. The first-order valence-corrected chi connectivity index (χ1v) is 9.11. The molecular weight excluding hydrogens is 298 g/mol. The molecule has 0 spiro atoms. The minimum absolute atomic E-state index is 0.226. The third-order valence-corrected chi connectivity index (χ3v) is 5.18. The summed E-state index contributed by atoms with van der Waals surface area (Å²) in [6, 6.07) is 10.4. The minimum Gasteiger partial charge on any atom is -0.392 e. The van der Waals surface area contributed by atoms with Gasteiger partial charge in [0.15, 0.2) is 0 Å². The lowest BCUT2D eigenvalue weighted by molar-refractivity contribution is 0.0837. The van der Waals surface area contributed by atoms with E-state index in [9.17, 15) is 5.11 Å². The summed E-state index contributed by atoms with van der Waals surface area (Å²) >= 11 is 0. The molecule has 130 valence electrons. The zero-order valence-electron chi connectivity index (χ0n) is 14.6. The molecule has 1 N–H and O–H groups in total. The van der Waals surface area contributed by atoms with Gasteiger partial charge in [-0.05, 0) is 50.3 Å². The van der Waals surface area contributed by atoms with Crippen LogP contribution in [-0.2, 0) is 19.9 Å². The van der Waals surface area contributed by atoms with Crippen LogP contribution in [0.15, 0.2) is 42.7 Å². The molecule has 1 aromatic carbocycles. The number of benzene rings is 1. The second-order valence-corrected chi connectivity index (χ2v) is 7.08. The second kappa shape index (κ2) is 8.45. The van der Waals surface area contributed by atoms with Crippen LogP contribution >= 0.6 is 0 Å². The number of aromatic nitrogens is 2. The van der Waals surface area contributed by atoms with E-state index in [1.54, 1.807) is 0 Å². The van der Waals surface area contributed by atoms with Crippen molar-refractivity contribution in [3.05, 3.63) is 54.1 Å². The van der Waals surface area contributed by atoms with Crippen LogP contribution in [0.5, 0.6) is 0 Å². The van der Waals surface area contributed by atoms with Crippen molar-refractivity contribution in [2.45, 2.75) is 38.2 Å². The Labute approximate surface area is 145 Å². The molecule has 2 heterocycles. The van der Waals surface area contributed by atoms with Gasteiger partial charge in [0.2, 0.25) is 0 Å². The number of β-amino-alcohol motifs (C(OH)–C–C–N with tert-alkyl or cyclic N) is 1. The fourth-order valence-electron chi connectivity index (χ4n) is 3.59. The van der Waals surface area contributed by atoms with Gasteiger partial charge in [-0.3, -0.25) is 0 Å².